The fourth-order valence-corrected chi connectivity index (χ4v) is 3.29. The topological polar surface area (TPSA) is 52.6 Å². The van der Waals surface area contributed by atoms with Crippen LogP contribution in [-0.2, 0) is 11.3 Å². The molecule has 1 fully saturated rings. The summed E-state index contributed by atoms with van der Waals surface area (Å²) in [5.41, 5.74) is 1.32. The van der Waals surface area contributed by atoms with Crippen molar-refractivity contribution in [3.8, 4) is 0 Å². The maximum absolute atomic E-state index is 10.8. The first-order valence-corrected chi connectivity index (χ1v) is 7.94. The Morgan fingerprint density at radius 3 is 2.67 bits per heavy atom. The molecule has 1 aliphatic carbocycles. The van der Waals surface area contributed by atoms with Crippen LogP contribution < -0.4 is 5.32 Å². The highest BCUT2D eigenvalue weighted by atomic mass is 16.4. The lowest BCUT2D eigenvalue weighted by molar-refractivity contribution is -0.136. The van der Waals surface area contributed by atoms with Crippen molar-refractivity contribution in [2.75, 3.05) is 13.1 Å². The third kappa shape index (κ3) is 4.83. The van der Waals surface area contributed by atoms with Crippen LogP contribution >= 0.6 is 0 Å². The Balaban J connectivity index is 2.01. The van der Waals surface area contributed by atoms with Gasteiger partial charge < -0.3 is 10.4 Å². The number of benzene rings is 1. The molecule has 4 heteroatoms. The molecule has 2 atom stereocenters. The quantitative estimate of drug-likeness (QED) is 0.810. The van der Waals surface area contributed by atoms with E-state index in [1.807, 2.05) is 6.07 Å². The summed E-state index contributed by atoms with van der Waals surface area (Å²) in [5, 5.41) is 12.1. The van der Waals surface area contributed by atoms with E-state index in [-0.39, 0.29) is 6.54 Å². The minimum Gasteiger partial charge on any atom is -0.480 e. The van der Waals surface area contributed by atoms with Gasteiger partial charge in [0.25, 0.3) is 0 Å². The number of likely N-dealkylation sites (N-methyl/N-ethyl adjacent to an activating group) is 1. The molecule has 0 aliphatic heterocycles. The van der Waals surface area contributed by atoms with Crippen molar-refractivity contribution >= 4 is 5.97 Å². The first-order chi connectivity index (χ1) is 10.2. The molecule has 21 heavy (non-hydrogen) atoms. The third-order valence-electron chi connectivity index (χ3n) is 4.35. The second-order valence-electron chi connectivity index (χ2n) is 5.78. The Kier molecular flexibility index (Phi) is 6.21. The summed E-state index contributed by atoms with van der Waals surface area (Å²) in [4.78, 5) is 13.3. The molecule has 0 spiro atoms. The number of carboxylic acid groups (broad SMARTS) is 1. The van der Waals surface area contributed by atoms with Gasteiger partial charge in [0.1, 0.15) is 0 Å². The van der Waals surface area contributed by atoms with Gasteiger partial charge in [-0.15, -0.1) is 0 Å². The average molecular weight is 290 g/mol. The molecule has 2 N–H and O–H groups in total. The van der Waals surface area contributed by atoms with Crippen LogP contribution in [-0.4, -0.2) is 41.1 Å². The van der Waals surface area contributed by atoms with Crippen LogP contribution in [0.25, 0.3) is 0 Å². The Morgan fingerprint density at radius 1 is 1.29 bits per heavy atom. The molecule has 1 aromatic rings. The van der Waals surface area contributed by atoms with Gasteiger partial charge >= 0.3 is 5.97 Å². The molecule has 0 radical (unpaired) electrons. The van der Waals surface area contributed by atoms with Crippen molar-refractivity contribution in [1.29, 1.82) is 0 Å². The van der Waals surface area contributed by atoms with E-state index >= 15 is 0 Å². The van der Waals surface area contributed by atoms with Gasteiger partial charge in [-0.2, -0.15) is 0 Å². The number of hydrogen-bond acceptors (Lipinski definition) is 3. The molecule has 1 aliphatic rings. The highest BCUT2D eigenvalue weighted by molar-refractivity contribution is 5.69. The first kappa shape index (κ1) is 16.0. The second kappa shape index (κ2) is 8.15. The summed E-state index contributed by atoms with van der Waals surface area (Å²) in [6.45, 7) is 4.17. The molecule has 2 rings (SSSR count). The molecule has 0 aromatic heterocycles. The van der Waals surface area contributed by atoms with E-state index in [0.717, 1.165) is 25.9 Å². The number of hydrogen-bond donors (Lipinski definition) is 2. The monoisotopic (exact) mass is 290 g/mol. The number of rotatable bonds is 7. The minimum absolute atomic E-state index is 0.0596. The summed E-state index contributed by atoms with van der Waals surface area (Å²) in [6, 6.07) is 11.2. The van der Waals surface area contributed by atoms with E-state index in [2.05, 4.69) is 41.4 Å². The van der Waals surface area contributed by atoms with Gasteiger partial charge in [0.2, 0.25) is 0 Å². The van der Waals surface area contributed by atoms with Gasteiger partial charge in [0.05, 0.1) is 6.54 Å². The fraction of sp³-hybridized carbons (Fsp3) is 0.588. The van der Waals surface area contributed by atoms with Crippen molar-refractivity contribution in [3.63, 3.8) is 0 Å². The lowest BCUT2D eigenvalue weighted by Gasteiger charge is -2.40. The summed E-state index contributed by atoms with van der Waals surface area (Å²) in [7, 11) is 0. The predicted molar refractivity (Wildman–Crippen MR) is 84.2 cm³/mol. The zero-order valence-electron chi connectivity index (χ0n) is 12.8. The maximum atomic E-state index is 10.8. The lowest BCUT2D eigenvalue weighted by atomic mass is 9.88. The number of carboxylic acids is 1. The largest absolute Gasteiger partial charge is 0.480 e. The highest BCUT2D eigenvalue weighted by Crippen LogP contribution is 2.24. The molecule has 1 saturated carbocycles. The summed E-state index contributed by atoms with van der Waals surface area (Å²) in [5.74, 6) is -0.773. The van der Waals surface area contributed by atoms with Crippen LogP contribution in [0, 0.1) is 0 Å². The van der Waals surface area contributed by atoms with Gasteiger partial charge in [-0.25, -0.2) is 0 Å². The van der Waals surface area contributed by atoms with Gasteiger partial charge in [-0.3, -0.25) is 9.69 Å². The molecular formula is C17H26N2O2. The Hall–Kier alpha value is -1.39. The first-order valence-electron chi connectivity index (χ1n) is 7.94. The van der Waals surface area contributed by atoms with Crippen LogP contribution in [0.3, 0.4) is 0 Å². The van der Waals surface area contributed by atoms with E-state index in [9.17, 15) is 4.79 Å². The van der Waals surface area contributed by atoms with Gasteiger partial charge in [0.15, 0.2) is 0 Å². The van der Waals surface area contributed by atoms with Gasteiger partial charge in [-0.1, -0.05) is 50.1 Å². The molecule has 4 nitrogen and oxygen atoms in total. The Morgan fingerprint density at radius 2 is 2.00 bits per heavy atom. The number of nitrogens with one attached hydrogen (secondary N) is 1. The van der Waals surface area contributed by atoms with Crippen LogP contribution in [0.2, 0.25) is 0 Å². The van der Waals surface area contributed by atoms with E-state index < -0.39 is 5.97 Å². The van der Waals surface area contributed by atoms with Crippen LogP contribution in [0.4, 0.5) is 0 Å². The zero-order valence-corrected chi connectivity index (χ0v) is 12.8. The van der Waals surface area contributed by atoms with Crippen molar-refractivity contribution in [2.45, 2.75) is 51.2 Å². The van der Waals surface area contributed by atoms with Crippen LogP contribution in [0.15, 0.2) is 30.3 Å². The lowest BCUT2D eigenvalue weighted by Crippen LogP contribution is -2.52. The Labute approximate surface area is 127 Å². The molecule has 116 valence electrons. The average Bonchev–Trinajstić information content (AvgIpc) is 2.52. The van der Waals surface area contributed by atoms with Gasteiger partial charge in [0, 0.05) is 18.6 Å². The molecular weight excluding hydrogens is 264 g/mol. The zero-order chi connectivity index (χ0) is 15.1. The fourth-order valence-electron chi connectivity index (χ4n) is 3.29. The van der Waals surface area contributed by atoms with Crippen molar-refractivity contribution in [1.82, 2.24) is 10.2 Å². The molecule has 0 saturated heterocycles. The number of aliphatic carboxylic acids is 1. The maximum Gasteiger partial charge on any atom is 0.317 e. The third-order valence-corrected chi connectivity index (χ3v) is 4.35. The summed E-state index contributed by atoms with van der Waals surface area (Å²) >= 11 is 0. The second-order valence-corrected chi connectivity index (χ2v) is 5.78. The number of carbonyl (C=O) groups is 1. The van der Waals surface area contributed by atoms with Crippen molar-refractivity contribution in [3.05, 3.63) is 35.9 Å². The smallest absolute Gasteiger partial charge is 0.317 e. The minimum atomic E-state index is -0.773. The van der Waals surface area contributed by atoms with Crippen LogP contribution in [0.5, 0.6) is 0 Å². The van der Waals surface area contributed by atoms with E-state index in [0.29, 0.717) is 12.1 Å². The molecule has 0 unspecified atom stereocenters. The van der Waals surface area contributed by atoms with Crippen molar-refractivity contribution < 1.29 is 9.90 Å². The molecule has 0 amide bonds. The van der Waals surface area contributed by atoms with Crippen molar-refractivity contribution in [2.24, 2.45) is 0 Å². The molecule has 1 aromatic carbocycles. The molecule has 0 heterocycles. The van der Waals surface area contributed by atoms with Crippen LogP contribution in [0.1, 0.15) is 38.2 Å². The number of nitrogens with zero attached hydrogens (tertiary/aromatic N) is 1. The highest BCUT2D eigenvalue weighted by Gasteiger charge is 2.29. The normalized spacial score (nSPS) is 22.4. The predicted octanol–water partition coefficient (Wildman–Crippen LogP) is 2.49. The Bertz CT molecular complexity index is 436. The van der Waals surface area contributed by atoms with E-state index in [1.54, 1.807) is 0 Å². The summed E-state index contributed by atoms with van der Waals surface area (Å²) in [6.07, 6.45) is 4.65. The van der Waals surface area contributed by atoms with Gasteiger partial charge in [-0.05, 0) is 24.9 Å². The molecule has 0 bridgehead atoms. The summed E-state index contributed by atoms with van der Waals surface area (Å²) < 4.78 is 0. The van der Waals surface area contributed by atoms with E-state index in [1.165, 1.54) is 18.4 Å². The van der Waals surface area contributed by atoms with E-state index in [4.69, 9.17) is 5.11 Å². The SMILES string of the molecule is CCN(Cc1ccccc1)[C@H]1CCCC[C@@H]1NCC(=O)O. The standard InChI is InChI=1S/C17H26N2O2/c1-2-19(13-14-8-4-3-5-9-14)16-11-7-6-10-15(16)18-12-17(20)21/h3-5,8-9,15-16,18H,2,6-7,10-13H2,1H3,(H,20,21)/t15-,16-/m0/s1.